The van der Waals surface area contributed by atoms with Crippen molar-refractivity contribution >= 4 is 0 Å². The normalized spacial score (nSPS) is 57.3. The van der Waals surface area contributed by atoms with Crippen LogP contribution in [0.2, 0.25) is 0 Å². The summed E-state index contributed by atoms with van der Waals surface area (Å²) in [6.45, 7) is 17.6. The lowest BCUT2D eigenvalue weighted by Gasteiger charge is -2.72. The Balaban J connectivity index is 1.26. The standard InChI is InChI=1S/C42H72O14/c1-19-28(46)30(48)32(50)35(52-19)55-33-31(49)29(47)23(18-43)54-36(33)53-22-17-41(8)24(39(6)13-11-25(45)37(2,3)34(22)39)16-21(44)27-20(10-14-40(27,41)7)42(9)15-12-26(56-42)38(4,5)51/h19-36,43-51H,10-18H2,1-9H3/t19-,20+,21-,22-,23+,24+,25+,26-,27+,28-,29+,30+,31-,32-,33+,34-,35+,36+,39-,40+,41-,42+/m1/s1. The Hall–Kier alpha value is -0.560. The number of aliphatic hydroxyl groups is 9. The van der Waals surface area contributed by atoms with Crippen LogP contribution < -0.4 is 0 Å². The van der Waals surface area contributed by atoms with Gasteiger partial charge in [0.2, 0.25) is 0 Å². The highest BCUT2D eigenvalue weighted by molar-refractivity contribution is 5.22. The lowest BCUT2D eigenvalue weighted by atomic mass is 9.34. The molecule has 0 aromatic rings. The predicted octanol–water partition coefficient (Wildman–Crippen LogP) is 1.36. The second-order valence-corrected chi connectivity index (χ2v) is 21.2. The molecule has 0 spiro atoms. The van der Waals surface area contributed by atoms with Gasteiger partial charge in [0.25, 0.3) is 0 Å². The monoisotopic (exact) mass is 800 g/mol. The number of hydrogen-bond acceptors (Lipinski definition) is 14. The third kappa shape index (κ3) is 6.49. The number of hydrogen-bond donors (Lipinski definition) is 9. The minimum Gasteiger partial charge on any atom is -0.394 e. The van der Waals surface area contributed by atoms with E-state index < -0.39 is 114 Å². The highest BCUT2D eigenvalue weighted by atomic mass is 16.8. The summed E-state index contributed by atoms with van der Waals surface area (Å²) in [5.74, 6) is -0.246. The zero-order chi connectivity index (χ0) is 41.3. The molecule has 3 saturated heterocycles. The third-order valence-corrected chi connectivity index (χ3v) is 17.3. The van der Waals surface area contributed by atoms with Crippen molar-refractivity contribution in [2.24, 2.45) is 45.3 Å². The molecule has 0 amide bonds. The van der Waals surface area contributed by atoms with E-state index in [1.165, 1.54) is 6.92 Å². The van der Waals surface area contributed by atoms with Gasteiger partial charge in [-0.3, -0.25) is 0 Å². The summed E-state index contributed by atoms with van der Waals surface area (Å²) in [4.78, 5) is 0. The fourth-order valence-electron chi connectivity index (χ4n) is 14.1. The van der Waals surface area contributed by atoms with Gasteiger partial charge in [-0.1, -0.05) is 34.6 Å². The van der Waals surface area contributed by atoms with Gasteiger partial charge in [-0.15, -0.1) is 0 Å². The van der Waals surface area contributed by atoms with E-state index in [1.807, 2.05) is 0 Å². The maximum absolute atomic E-state index is 12.4. The molecule has 14 nitrogen and oxygen atoms in total. The van der Waals surface area contributed by atoms with Crippen LogP contribution in [0.3, 0.4) is 0 Å². The summed E-state index contributed by atoms with van der Waals surface area (Å²) in [7, 11) is 0. The van der Waals surface area contributed by atoms with Crippen molar-refractivity contribution in [2.75, 3.05) is 6.61 Å². The summed E-state index contributed by atoms with van der Waals surface area (Å²) in [6, 6.07) is 0. The van der Waals surface area contributed by atoms with E-state index in [0.29, 0.717) is 25.7 Å². The van der Waals surface area contributed by atoms with Crippen molar-refractivity contribution < 1.29 is 69.6 Å². The Morgan fingerprint density at radius 1 is 0.732 bits per heavy atom. The van der Waals surface area contributed by atoms with E-state index in [0.717, 1.165) is 25.7 Å². The second kappa shape index (κ2) is 14.5. The largest absolute Gasteiger partial charge is 0.394 e. The first kappa shape index (κ1) is 43.5. The first-order chi connectivity index (χ1) is 25.9. The Labute approximate surface area is 331 Å². The lowest BCUT2D eigenvalue weighted by Crippen LogP contribution is -2.71. The highest BCUT2D eigenvalue weighted by Gasteiger charge is 2.74. The molecule has 7 fully saturated rings. The van der Waals surface area contributed by atoms with Gasteiger partial charge in [-0.2, -0.15) is 0 Å². The van der Waals surface area contributed by atoms with Crippen molar-refractivity contribution in [3.8, 4) is 0 Å². The molecule has 4 saturated carbocycles. The van der Waals surface area contributed by atoms with E-state index >= 15 is 0 Å². The van der Waals surface area contributed by atoms with Crippen LogP contribution >= 0.6 is 0 Å². The lowest BCUT2D eigenvalue weighted by molar-refractivity contribution is -0.382. The summed E-state index contributed by atoms with van der Waals surface area (Å²) in [6.07, 6.45) is -11.0. The van der Waals surface area contributed by atoms with Gasteiger partial charge >= 0.3 is 0 Å². The van der Waals surface area contributed by atoms with E-state index in [9.17, 15) is 46.0 Å². The van der Waals surface area contributed by atoms with Gasteiger partial charge in [0, 0.05) is 0 Å². The van der Waals surface area contributed by atoms with E-state index in [4.69, 9.17) is 23.7 Å². The van der Waals surface area contributed by atoms with Crippen LogP contribution in [0, 0.1) is 45.3 Å². The summed E-state index contributed by atoms with van der Waals surface area (Å²) in [5, 5.41) is 99.5. The molecule has 14 heteroatoms. The van der Waals surface area contributed by atoms with Crippen LogP contribution in [0.1, 0.15) is 114 Å². The van der Waals surface area contributed by atoms with E-state index in [2.05, 4.69) is 41.5 Å². The first-order valence-corrected chi connectivity index (χ1v) is 21.2. The van der Waals surface area contributed by atoms with E-state index in [-0.39, 0.29) is 35.2 Å². The number of fused-ring (bicyclic) bond motifs is 5. The Morgan fingerprint density at radius 3 is 2.04 bits per heavy atom. The molecule has 0 aromatic carbocycles. The van der Waals surface area contributed by atoms with Gasteiger partial charge in [0.15, 0.2) is 12.6 Å². The molecule has 7 aliphatic rings. The Kier molecular flexibility index (Phi) is 11.3. The number of ether oxygens (including phenoxy) is 5. The fraction of sp³-hybridized carbons (Fsp3) is 1.00. The minimum absolute atomic E-state index is 0.0557. The molecule has 22 atom stereocenters. The van der Waals surface area contributed by atoms with Crippen LogP contribution in [0.15, 0.2) is 0 Å². The van der Waals surface area contributed by atoms with Gasteiger partial charge in [-0.05, 0) is 124 Å². The Morgan fingerprint density at radius 2 is 1.41 bits per heavy atom. The first-order valence-electron chi connectivity index (χ1n) is 21.2. The smallest absolute Gasteiger partial charge is 0.187 e. The van der Waals surface area contributed by atoms with Crippen LogP contribution in [0.4, 0.5) is 0 Å². The van der Waals surface area contributed by atoms with Crippen molar-refractivity contribution in [3.05, 3.63) is 0 Å². The molecule has 56 heavy (non-hydrogen) atoms. The van der Waals surface area contributed by atoms with Gasteiger partial charge in [0.05, 0.1) is 48.3 Å². The summed E-state index contributed by atoms with van der Waals surface area (Å²) < 4.78 is 32.0. The fourth-order valence-corrected chi connectivity index (χ4v) is 14.1. The van der Waals surface area contributed by atoms with Crippen molar-refractivity contribution in [3.63, 3.8) is 0 Å². The average molecular weight is 801 g/mol. The molecule has 4 aliphatic carbocycles. The summed E-state index contributed by atoms with van der Waals surface area (Å²) >= 11 is 0. The molecule has 7 rings (SSSR count). The van der Waals surface area contributed by atoms with Crippen LogP contribution in [-0.2, 0) is 23.7 Å². The predicted molar refractivity (Wildman–Crippen MR) is 200 cm³/mol. The molecule has 0 aromatic heterocycles. The van der Waals surface area contributed by atoms with Gasteiger partial charge in [0.1, 0.15) is 42.7 Å². The minimum atomic E-state index is -1.70. The SMILES string of the molecule is C[C@H]1O[C@@H](O[C@@H]2[C@@H](O[C@@H]3C[C@]4(C)[C@@H](C[C@@H](O)[C@@H]5[C@@H]([C@]6(C)CC[C@H](C(C)(C)O)O6)CC[C@@]54C)[C@@]4(C)CC[C@H](O)C(C)(C)[C@@H]34)O[C@@H](CO)[C@H](O)[C@H]2O)[C@H](O)[C@@H](O)[C@@H]1O. The molecule has 0 bridgehead atoms. The maximum atomic E-state index is 12.4. The third-order valence-electron chi connectivity index (χ3n) is 17.3. The van der Waals surface area contributed by atoms with Crippen LogP contribution in [-0.4, -0.2) is 150 Å². The summed E-state index contributed by atoms with van der Waals surface area (Å²) in [5.41, 5.74) is -3.36. The second-order valence-electron chi connectivity index (χ2n) is 21.2. The molecular weight excluding hydrogens is 728 g/mol. The molecule has 0 radical (unpaired) electrons. The van der Waals surface area contributed by atoms with Crippen LogP contribution in [0.25, 0.3) is 0 Å². The van der Waals surface area contributed by atoms with Gasteiger partial charge < -0.3 is 69.6 Å². The molecule has 0 unspecified atom stereocenters. The molecule has 324 valence electrons. The number of aliphatic hydroxyl groups excluding tert-OH is 8. The molecule has 9 N–H and O–H groups in total. The Bertz CT molecular complexity index is 1430. The highest BCUT2D eigenvalue weighted by Crippen LogP contribution is 2.76. The number of rotatable bonds is 7. The van der Waals surface area contributed by atoms with Gasteiger partial charge in [-0.25, -0.2) is 0 Å². The topological polar surface area (TPSA) is 228 Å². The molecular formula is C42H72O14. The van der Waals surface area contributed by atoms with Crippen molar-refractivity contribution in [2.45, 2.75) is 211 Å². The zero-order valence-electron chi connectivity index (χ0n) is 34.8. The zero-order valence-corrected chi connectivity index (χ0v) is 34.8. The quantitative estimate of drug-likeness (QED) is 0.166. The average Bonchev–Trinajstić information content (AvgIpc) is 3.71. The van der Waals surface area contributed by atoms with Crippen molar-refractivity contribution in [1.29, 1.82) is 0 Å². The molecule has 3 aliphatic heterocycles. The molecule has 3 heterocycles. The maximum Gasteiger partial charge on any atom is 0.187 e. The van der Waals surface area contributed by atoms with E-state index in [1.54, 1.807) is 13.8 Å². The van der Waals surface area contributed by atoms with Crippen molar-refractivity contribution in [1.82, 2.24) is 0 Å². The van der Waals surface area contributed by atoms with Crippen LogP contribution in [0.5, 0.6) is 0 Å².